The molecule has 14 heavy (non-hydrogen) atoms. The fraction of sp³-hybridized carbons (Fsp3) is 0.400. The topological polar surface area (TPSA) is 35.6 Å². The lowest BCUT2D eigenvalue weighted by Crippen LogP contribution is -1.98. The molecule has 2 aromatic rings. The first kappa shape index (κ1) is 8.99. The van der Waals surface area contributed by atoms with Gasteiger partial charge < -0.3 is 4.57 Å². The van der Waals surface area contributed by atoms with E-state index in [0.29, 0.717) is 0 Å². The lowest BCUT2D eigenvalue weighted by molar-refractivity contribution is 0.637. The van der Waals surface area contributed by atoms with Gasteiger partial charge >= 0.3 is 0 Å². The Bertz CT molecular complexity index is 419. The summed E-state index contributed by atoms with van der Waals surface area (Å²) in [6.07, 6.45) is 6.05. The number of aryl methyl sites for hydroxylation is 3. The van der Waals surface area contributed by atoms with Gasteiger partial charge in [0.15, 0.2) is 0 Å². The SMILES string of the molecule is Cc1cn(Cc2cnn(C)n2)cc1C. The molecule has 4 heteroatoms. The van der Waals surface area contributed by atoms with Gasteiger partial charge in [-0.1, -0.05) is 0 Å². The van der Waals surface area contributed by atoms with Crippen LogP contribution in [0.3, 0.4) is 0 Å². The highest BCUT2D eigenvalue weighted by Crippen LogP contribution is 2.08. The van der Waals surface area contributed by atoms with Gasteiger partial charge in [0.1, 0.15) is 5.69 Å². The third-order valence-electron chi connectivity index (χ3n) is 2.33. The zero-order valence-electron chi connectivity index (χ0n) is 8.73. The molecule has 2 heterocycles. The van der Waals surface area contributed by atoms with E-state index in [4.69, 9.17) is 0 Å². The molecule has 0 saturated carbocycles. The molecular formula is C10H14N4. The lowest BCUT2D eigenvalue weighted by Gasteiger charge is -1.96. The van der Waals surface area contributed by atoms with Crippen molar-refractivity contribution in [2.45, 2.75) is 20.4 Å². The average Bonchev–Trinajstić information content (AvgIpc) is 2.62. The minimum absolute atomic E-state index is 0.794. The maximum atomic E-state index is 4.23. The zero-order chi connectivity index (χ0) is 10.1. The van der Waals surface area contributed by atoms with Crippen LogP contribution in [-0.4, -0.2) is 19.6 Å². The normalized spacial score (nSPS) is 10.8. The van der Waals surface area contributed by atoms with Crippen molar-refractivity contribution < 1.29 is 0 Å². The van der Waals surface area contributed by atoms with Gasteiger partial charge in [0, 0.05) is 19.4 Å². The van der Waals surface area contributed by atoms with Crippen molar-refractivity contribution in [3.8, 4) is 0 Å². The molecule has 0 atom stereocenters. The van der Waals surface area contributed by atoms with Crippen LogP contribution in [0.4, 0.5) is 0 Å². The fourth-order valence-corrected chi connectivity index (χ4v) is 1.48. The van der Waals surface area contributed by atoms with Gasteiger partial charge in [0.25, 0.3) is 0 Å². The molecule has 74 valence electrons. The molecule has 4 nitrogen and oxygen atoms in total. The van der Waals surface area contributed by atoms with Crippen LogP contribution in [0.1, 0.15) is 16.8 Å². The molecule has 0 bridgehead atoms. The van der Waals surface area contributed by atoms with Crippen LogP contribution >= 0.6 is 0 Å². The Morgan fingerprint density at radius 2 is 1.86 bits per heavy atom. The summed E-state index contributed by atoms with van der Waals surface area (Å²) in [7, 11) is 1.83. The quantitative estimate of drug-likeness (QED) is 0.715. The summed E-state index contributed by atoms with van der Waals surface area (Å²) in [6.45, 7) is 5.02. The predicted octanol–water partition coefficient (Wildman–Crippen LogP) is 1.28. The van der Waals surface area contributed by atoms with Gasteiger partial charge in [-0.3, -0.25) is 0 Å². The van der Waals surface area contributed by atoms with Crippen LogP contribution < -0.4 is 0 Å². The summed E-state index contributed by atoms with van der Waals surface area (Å²) in [4.78, 5) is 1.58. The Kier molecular flexibility index (Phi) is 2.11. The standard InChI is InChI=1S/C10H14N4/c1-8-5-14(6-9(8)2)7-10-4-11-13(3)12-10/h4-6H,7H2,1-3H3. The first-order chi connectivity index (χ1) is 6.65. The molecule has 0 N–H and O–H groups in total. The van der Waals surface area contributed by atoms with E-state index < -0.39 is 0 Å². The molecule has 2 aromatic heterocycles. The number of rotatable bonds is 2. The summed E-state index contributed by atoms with van der Waals surface area (Å²) < 4.78 is 2.13. The Morgan fingerprint density at radius 3 is 2.36 bits per heavy atom. The molecule has 0 aromatic carbocycles. The minimum Gasteiger partial charge on any atom is -0.348 e. The van der Waals surface area contributed by atoms with E-state index in [1.807, 2.05) is 7.05 Å². The molecule has 0 radical (unpaired) electrons. The van der Waals surface area contributed by atoms with Gasteiger partial charge in [-0.05, 0) is 25.0 Å². The number of aromatic nitrogens is 4. The van der Waals surface area contributed by atoms with Gasteiger partial charge in [-0.2, -0.15) is 15.0 Å². The molecule has 0 spiro atoms. The minimum atomic E-state index is 0.794. The van der Waals surface area contributed by atoms with Crippen LogP contribution in [-0.2, 0) is 13.6 Å². The number of hydrogen-bond acceptors (Lipinski definition) is 2. The zero-order valence-corrected chi connectivity index (χ0v) is 8.73. The molecule has 0 amide bonds. The highest BCUT2D eigenvalue weighted by molar-refractivity contribution is 5.21. The van der Waals surface area contributed by atoms with Crippen molar-refractivity contribution in [3.63, 3.8) is 0 Å². The number of nitrogens with zero attached hydrogens (tertiary/aromatic N) is 4. The Hall–Kier alpha value is -1.58. The third kappa shape index (κ3) is 1.69. The van der Waals surface area contributed by atoms with E-state index in [2.05, 4.69) is 41.0 Å². The van der Waals surface area contributed by atoms with Crippen molar-refractivity contribution >= 4 is 0 Å². The molecule has 0 fully saturated rings. The van der Waals surface area contributed by atoms with Crippen LogP contribution in [0.25, 0.3) is 0 Å². The van der Waals surface area contributed by atoms with Gasteiger partial charge in [-0.25, -0.2) is 0 Å². The molecule has 0 aliphatic rings. The summed E-state index contributed by atoms with van der Waals surface area (Å²) in [5.41, 5.74) is 3.62. The second-order valence-corrected chi connectivity index (χ2v) is 3.62. The van der Waals surface area contributed by atoms with Crippen molar-refractivity contribution in [1.82, 2.24) is 19.6 Å². The summed E-state index contributed by atoms with van der Waals surface area (Å²) in [6, 6.07) is 0. The second-order valence-electron chi connectivity index (χ2n) is 3.62. The molecule has 2 rings (SSSR count). The largest absolute Gasteiger partial charge is 0.348 e. The van der Waals surface area contributed by atoms with Crippen molar-refractivity contribution in [1.29, 1.82) is 0 Å². The first-order valence-electron chi connectivity index (χ1n) is 4.63. The summed E-state index contributed by atoms with van der Waals surface area (Å²) in [5, 5.41) is 8.26. The van der Waals surface area contributed by atoms with E-state index in [9.17, 15) is 0 Å². The van der Waals surface area contributed by atoms with E-state index in [-0.39, 0.29) is 0 Å². The Labute approximate surface area is 83.2 Å². The van der Waals surface area contributed by atoms with Crippen molar-refractivity contribution in [3.05, 3.63) is 35.4 Å². The van der Waals surface area contributed by atoms with Gasteiger partial charge in [-0.15, -0.1) is 0 Å². The Balaban J connectivity index is 2.18. The predicted molar refractivity (Wildman–Crippen MR) is 54.0 cm³/mol. The monoisotopic (exact) mass is 190 g/mol. The van der Waals surface area contributed by atoms with E-state index in [0.717, 1.165) is 12.2 Å². The third-order valence-corrected chi connectivity index (χ3v) is 2.33. The van der Waals surface area contributed by atoms with Gasteiger partial charge in [0.2, 0.25) is 0 Å². The smallest absolute Gasteiger partial charge is 0.102 e. The maximum Gasteiger partial charge on any atom is 0.102 e. The fourth-order valence-electron chi connectivity index (χ4n) is 1.48. The van der Waals surface area contributed by atoms with Crippen LogP contribution in [0.5, 0.6) is 0 Å². The molecule has 0 aliphatic carbocycles. The lowest BCUT2D eigenvalue weighted by atomic mass is 10.2. The molecular weight excluding hydrogens is 176 g/mol. The van der Waals surface area contributed by atoms with Crippen LogP contribution in [0.2, 0.25) is 0 Å². The highest BCUT2D eigenvalue weighted by atomic mass is 15.4. The number of hydrogen-bond donors (Lipinski definition) is 0. The molecule has 0 unspecified atom stereocenters. The Morgan fingerprint density at radius 1 is 1.21 bits per heavy atom. The molecule has 0 aliphatic heterocycles. The van der Waals surface area contributed by atoms with Crippen LogP contribution in [0, 0.1) is 13.8 Å². The van der Waals surface area contributed by atoms with Crippen molar-refractivity contribution in [2.75, 3.05) is 0 Å². The summed E-state index contributed by atoms with van der Waals surface area (Å²) in [5.74, 6) is 0. The van der Waals surface area contributed by atoms with Gasteiger partial charge in [0.05, 0.1) is 12.7 Å². The average molecular weight is 190 g/mol. The van der Waals surface area contributed by atoms with Crippen molar-refractivity contribution in [2.24, 2.45) is 7.05 Å². The van der Waals surface area contributed by atoms with E-state index >= 15 is 0 Å². The second kappa shape index (κ2) is 3.29. The summed E-state index contributed by atoms with van der Waals surface area (Å²) >= 11 is 0. The first-order valence-corrected chi connectivity index (χ1v) is 4.63. The van der Waals surface area contributed by atoms with E-state index in [1.165, 1.54) is 11.1 Å². The maximum absolute atomic E-state index is 4.23. The highest BCUT2D eigenvalue weighted by Gasteiger charge is 2.01. The van der Waals surface area contributed by atoms with Crippen LogP contribution in [0.15, 0.2) is 18.6 Å². The molecule has 0 saturated heterocycles. The van der Waals surface area contributed by atoms with E-state index in [1.54, 1.807) is 11.0 Å².